The van der Waals surface area contributed by atoms with Crippen molar-refractivity contribution < 1.29 is 0 Å². The number of allylic oxidation sites excluding steroid dienone is 1. The maximum Gasteiger partial charge on any atom is 0.0435 e. The first-order valence-corrected chi connectivity index (χ1v) is 14.3. The molecule has 0 heterocycles. The Hall–Kier alpha value is -1.67. The molecular formula is C31H45NS. The van der Waals surface area contributed by atoms with Crippen molar-refractivity contribution in [1.29, 1.82) is 0 Å². The van der Waals surface area contributed by atoms with Crippen LogP contribution in [0.3, 0.4) is 0 Å². The predicted molar refractivity (Wildman–Crippen MR) is 151 cm³/mol. The first kappa shape index (κ1) is 25.9. The predicted octanol–water partition coefficient (Wildman–Crippen LogP) is 9.57. The highest BCUT2D eigenvalue weighted by Gasteiger charge is 2.21. The van der Waals surface area contributed by atoms with Crippen LogP contribution in [0.5, 0.6) is 0 Å². The Morgan fingerprint density at radius 2 is 1.64 bits per heavy atom. The van der Waals surface area contributed by atoms with Crippen molar-refractivity contribution in [3.8, 4) is 11.1 Å². The number of benzene rings is 2. The van der Waals surface area contributed by atoms with Crippen LogP contribution in [0.2, 0.25) is 0 Å². The van der Waals surface area contributed by atoms with Gasteiger partial charge in [0.15, 0.2) is 0 Å². The summed E-state index contributed by atoms with van der Waals surface area (Å²) in [7, 11) is 0. The molecule has 4 rings (SSSR count). The fraction of sp³-hybridized carbons (Fsp3) is 0.548. The molecule has 2 aliphatic carbocycles. The molecule has 1 fully saturated rings. The molecule has 0 aromatic heterocycles. The number of hydrogen-bond acceptors (Lipinski definition) is 2. The topological polar surface area (TPSA) is 26.0 Å². The average Bonchev–Trinajstić information content (AvgIpc) is 2.79. The third-order valence-corrected chi connectivity index (χ3v) is 8.43. The molecule has 0 bridgehead atoms. The first-order chi connectivity index (χ1) is 15.9. The number of hydrogen-bond donors (Lipinski definition) is 1. The van der Waals surface area contributed by atoms with Crippen molar-refractivity contribution in [2.24, 2.45) is 0 Å². The second-order valence-electron chi connectivity index (χ2n) is 10.4. The lowest BCUT2D eigenvalue weighted by Crippen LogP contribution is -2.13. The molecule has 0 unspecified atom stereocenters. The van der Waals surface area contributed by atoms with Gasteiger partial charge in [-0.1, -0.05) is 103 Å². The Morgan fingerprint density at radius 1 is 0.939 bits per heavy atom. The lowest BCUT2D eigenvalue weighted by Gasteiger charge is -2.25. The van der Waals surface area contributed by atoms with Crippen LogP contribution in [0.15, 0.2) is 36.4 Å². The van der Waals surface area contributed by atoms with Gasteiger partial charge in [0.1, 0.15) is 0 Å². The van der Waals surface area contributed by atoms with Gasteiger partial charge in [0.2, 0.25) is 0 Å². The lowest BCUT2D eigenvalue weighted by molar-refractivity contribution is 0.513. The molecule has 2 aromatic carbocycles. The molecule has 0 saturated heterocycles. The summed E-state index contributed by atoms with van der Waals surface area (Å²) in [6.07, 6.45) is 16.6. The Balaban J connectivity index is 0.00000149. The van der Waals surface area contributed by atoms with E-state index in [0.717, 1.165) is 29.5 Å². The minimum absolute atomic E-state index is 0.104. The van der Waals surface area contributed by atoms with Gasteiger partial charge in [-0.25, -0.2) is 0 Å². The van der Waals surface area contributed by atoms with Gasteiger partial charge in [-0.3, -0.25) is 0 Å². The summed E-state index contributed by atoms with van der Waals surface area (Å²) in [4.78, 5) is 0. The average molecular weight is 464 g/mol. The zero-order chi connectivity index (χ0) is 23.8. The van der Waals surface area contributed by atoms with Crippen LogP contribution in [0.4, 0.5) is 5.69 Å². The van der Waals surface area contributed by atoms with E-state index in [-0.39, 0.29) is 5.41 Å². The van der Waals surface area contributed by atoms with Crippen molar-refractivity contribution in [2.45, 2.75) is 109 Å². The third-order valence-electron chi connectivity index (χ3n) is 7.01. The van der Waals surface area contributed by atoms with Crippen LogP contribution in [0.25, 0.3) is 17.2 Å². The van der Waals surface area contributed by atoms with Gasteiger partial charge < -0.3 is 5.73 Å². The minimum Gasteiger partial charge on any atom is -0.398 e. The molecule has 1 saturated carbocycles. The molecule has 33 heavy (non-hydrogen) atoms. The fourth-order valence-electron chi connectivity index (χ4n) is 4.98. The maximum atomic E-state index is 6.89. The smallest absolute Gasteiger partial charge is 0.0435 e. The molecule has 2 aromatic rings. The molecule has 2 aliphatic rings. The maximum absolute atomic E-state index is 6.89. The number of fused-ring (bicyclic) bond motifs is 1. The van der Waals surface area contributed by atoms with E-state index in [1.165, 1.54) is 78.3 Å². The summed E-state index contributed by atoms with van der Waals surface area (Å²) in [5, 5.41) is 0.786. The summed E-state index contributed by atoms with van der Waals surface area (Å²) in [6.45, 7) is 10.9. The van der Waals surface area contributed by atoms with E-state index in [2.05, 4.69) is 75.0 Å². The van der Waals surface area contributed by atoms with Crippen LogP contribution >= 0.6 is 11.8 Å². The Labute approximate surface area is 207 Å². The summed E-state index contributed by atoms with van der Waals surface area (Å²) < 4.78 is 0. The Bertz CT molecular complexity index is 927. The van der Waals surface area contributed by atoms with Crippen LogP contribution in [-0.2, 0) is 17.6 Å². The second-order valence-corrected chi connectivity index (χ2v) is 11.7. The van der Waals surface area contributed by atoms with Crippen LogP contribution in [-0.4, -0.2) is 5.25 Å². The first-order valence-electron chi connectivity index (χ1n) is 13.3. The molecule has 0 aliphatic heterocycles. The van der Waals surface area contributed by atoms with E-state index in [1.54, 1.807) is 0 Å². The summed E-state index contributed by atoms with van der Waals surface area (Å²) >= 11 is 2.15. The quantitative estimate of drug-likeness (QED) is 0.457. The highest BCUT2D eigenvalue weighted by Crippen LogP contribution is 2.40. The SMILES string of the molecule is CC.CC(C)(C)c1cc(CSC2CCCCCCC2)c(N)c(-c2cccc3c2C=CCC3)c1. The Morgan fingerprint density at radius 3 is 2.33 bits per heavy atom. The highest BCUT2D eigenvalue weighted by atomic mass is 32.2. The zero-order valence-corrected chi connectivity index (χ0v) is 22.5. The van der Waals surface area contributed by atoms with E-state index < -0.39 is 0 Å². The summed E-state index contributed by atoms with van der Waals surface area (Å²) in [5.74, 6) is 1.03. The van der Waals surface area contributed by atoms with E-state index in [4.69, 9.17) is 5.73 Å². The van der Waals surface area contributed by atoms with Crippen molar-refractivity contribution in [3.63, 3.8) is 0 Å². The van der Waals surface area contributed by atoms with Gasteiger partial charge in [0.25, 0.3) is 0 Å². The molecule has 0 radical (unpaired) electrons. The van der Waals surface area contributed by atoms with Crippen molar-refractivity contribution in [3.05, 3.63) is 58.7 Å². The van der Waals surface area contributed by atoms with Crippen LogP contribution in [0, 0.1) is 0 Å². The molecule has 2 N–H and O–H groups in total. The number of thioether (sulfide) groups is 1. The van der Waals surface area contributed by atoms with Gasteiger partial charge in [-0.15, -0.1) is 0 Å². The van der Waals surface area contributed by atoms with E-state index in [1.807, 2.05) is 13.8 Å². The second kappa shape index (κ2) is 12.2. The molecule has 0 atom stereocenters. The highest BCUT2D eigenvalue weighted by molar-refractivity contribution is 7.99. The van der Waals surface area contributed by atoms with Gasteiger partial charge >= 0.3 is 0 Å². The number of nitrogens with two attached hydrogens (primary N) is 1. The molecule has 0 amide bonds. The molecule has 1 nitrogen and oxygen atoms in total. The number of anilines is 1. The largest absolute Gasteiger partial charge is 0.398 e. The third kappa shape index (κ3) is 6.69. The standard InChI is InChI=1S/C29H39NS.C2H6/c1-29(2,3)23-18-22(20-31-24-14-7-5-4-6-8-15-24)28(30)27(19-23)26-17-11-13-21-12-9-10-16-25(21)26;1-2/h10-11,13,16-19,24H,4-9,12,14-15,20,30H2,1-3H3;1-2H3. The van der Waals surface area contributed by atoms with Crippen LogP contribution < -0.4 is 5.73 Å². The van der Waals surface area contributed by atoms with Crippen LogP contribution in [0.1, 0.15) is 108 Å². The van der Waals surface area contributed by atoms with E-state index >= 15 is 0 Å². The number of aryl methyl sites for hydroxylation is 1. The van der Waals surface area contributed by atoms with E-state index in [0.29, 0.717) is 0 Å². The monoisotopic (exact) mass is 463 g/mol. The van der Waals surface area contributed by atoms with E-state index in [9.17, 15) is 0 Å². The van der Waals surface area contributed by atoms with Crippen molar-refractivity contribution >= 4 is 23.5 Å². The number of nitrogen functional groups attached to an aromatic ring is 1. The fourth-order valence-corrected chi connectivity index (χ4v) is 6.31. The van der Waals surface area contributed by atoms with Gasteiger partial charge in [-0.2, -0.15) is 11.8 Å². The molecule has 2 heteroatoms. The lowest BCUT2D eigenvalue weighted by atomic mass is 9.82. The summed E-state index contributed by atoms with van der Waals surface area (Å²) in [6, 6.07) is 11.5. The van der Waals surface area contributed by atoms with Crippen molar-refractivity contribution in [2.75, 3.05) is 5.73 Å². The van der Waals surface area contributed by atoms with Crippen molar-refractivity contribution in [1.82, 2.24) is 0 Å². The van der Waals surface area contributed by atoms with Gasteiger partial charge in [0, 0.05) is 22.3 Å². The molecular weight excluding hydrogens is 418 g/mol. The minimum atomic E-state index is 0.104. The zero-order valence-electron chi connectivity index (χ0n) is 21.7. The summed E-state index contributed by atoms with van der Waals surface area (Å²) in [5.41, 5.74) is 16.0. The number of rotatable bonds is 4. The Kier molecular flexibility index (Phi) is 9.56. The molecule has 180 valence electrons. The van der Waals surface area contributed by atoms with Gasteiger partial charge in [0.05, 0.1) is 0 Å². The molecule has 0 spiro atoms. The van der Waals surface area contributed by atoms with Gasteiger partial charge in [-0.05, 0) is 65.0 Å². The normalized spacial score (nSPS) is 16.9.